The van der Waals surface area contributed by atoms with E-state index in [4.69, 9.17) is 5.26 Å². The van der Waals surface area contributed by atoms with E-state index in [2.05, 4.69) is 6.07 Å². The van der Waals surface area contributed by atoms with Crippen LogP contribution < -0.4 is 0 Å². The van der Waals surface area contributed by atoms with Crippen LogP contribution in [0.15, 0.2) is 12.1 Å². The van der Waals surface area contributed by atoms with Gasteiger partial charge in [0.15, 0.2) is 5.78 Å². The number of carbonyl (C=O) groups excluding carboxylic acids is 1. The Morgan fingerprint density at radius 3 is 2.62 bits per heavy atom. The molecule has 0 aromatic heterocycles. The highest BCUT2D eigenvalue weighted by atomic mass is 127. The highest BCUT2D eigenvalue weighted by Gasteiger charge is 2.11. The zero-order valence-electron chi connectivity index (χ0n) is 7.39. The zero-order valence-corrected chi connectivity index (χ0v) is 9.55. The molecule has 0 N–H and O–H groups in total. The van der Waals surface area contributed by atoms with Gasteiger partial charge in [-0.2, -0.15) is 5.26 Å². The lowest BCUT2D eigenvalue weighted by atomic mass is 10.0. The van der Waals surface area contributed by atoms with Crippen LogP contribution in [-0.2, 0) is 0 Å². The van der Waals surface area contributed by atoms with Crippen LogP contribution in [0.2, 0.25) is 0 Å². The van der Waals surface area contributed by atoms with Crippen molar-refractivity contribution in [3.8, 4) is 6.07 Å². The number of rotatable bonds is 1. The van der Waals surface area contributed by atoms with E-state index in [0.717, 1.165) is 9.13 Å². The van der Waals surface area contributed by atoms with E-state index in [1.165, 1.54) is 6.92 Å². The number of carbonyl (C=O) groups is 1. The van der Waals surface area contributed by atoms with Crippen LogP contribution >= 0.6 is 22.6 Å². The van der Waals surface area contributed by atoms with Crippen molar-refractivity contribution >= 4 is 28.4 Å². The van der Waals surface area contributed by atoms with Gasteiger partial charge in [0.1, 0.15) is 6.07 Å². The van der Waals surface area contributed by atoms with Crippen LogP contribution in [0.25, 0.3) is 0 Å². The topological polar surface area (TPSA) is 40.9 Å². The summed E-state index contributed by atoms with van der Waals surface area (Å²) in [6, 6.07) is 5.60. The molecule has 1 aromatic carbocycles. The van der Waals surface area contributed by atoms with E-state index in [9.17, 15) is 4.79 Å². The third-order valence-electron chi connectivity index (χ3n) is 1.82. The normalized spacial score (nSPS) is 9.38. The van der Waals surface area contributed by atoms with Gasteiger partial charge in [-0.25, -0.2) is 0 Å². The molecule has 1 rings (SSSR count). The molecule has 0 atom stereocenters. The van der Waals surface area contributed by atoms with Crippen molar-refractivity contribution in [3.63, 3.8) is 0 Å². The lowest BCUT2D eigenvalue weighted by molar-refractivity contribution is 0.101. The molecule has 0 saturated heterocycles. The molecule has 0 amide bonds. The summed E-state index contributed by atoms with van der Waals surface area (Å²) in [7, 11) is 0. The van der Waals surface area contributed by atoms with Gasteiger partial charge in [-0.05, 0) is 48.1 Å². The molecule has 0 radical (unpaired) electrons. The first-order chi connectivity index (χ1) is 6.07. The third-order valence-corrected chi connectivity index (χ3v) is 2.94. The molecule has 0 unspecified atom stereocenters. The first kappa shape index (κ1) is 10.2. The van der Waals surface area contributed by atoms with Crippen molar-refractivity contribution in [2.24, 2.45) is 0 Å². The Balaban J connectivity index is 3.50. The molecule has 13 heavy (non-hydrogen) atoms. The second-order valence-electron chi connectivity index (χ2n) is 2.79. The Bertz CT molecular complexity index is 404. The fourth-order valence-electron chi connectivity index (χ4n) is 1.19. The Hall–Kier alpha value is -0.890. The molecule has 0 saturated carbocycles. The van der Waals surface area contributed by atoms with Crippen molar-refractivity contribution in [1.29, 1.82) is 5.26 Å². The largest absolute Gasteiger partial charge is 0.294 e. The average molecular weight is 285 g/mol. The van der Waals surface area contributed by atoms with Gasteiger partial charge in [-0.1, -0.05) is 6.07 Å². The van der Waals surface area contributed by atoms with E-state index >= 15 is 0 Å². The van der Waals surface area contributed by atoms with E-state index < -0.39 is 0 Å². The minimum Gasteiger partial charge on any atom is -0.294 e. The van der Waals surface area contributed by atoms with Crippen molar-refractivity contribution in [3.05, 3.63) is 32.4 Å². The number of halogens is 1. The summed E-state index contributed by atoms with van der Waals surface area (Å²) < 4.78 is 0.757. The SMILES string of the molecule is CC(=O)c1c(C)ccc(C#N)c1I. The van der Waals surface area contributed by atoms with Crippen LogP contribution in [0.1, 0.15) is 28.4 Å². The minimum atomic E-state index is 0.0130. The molecule has 2 nitrogen and oxygen atoms in total. The smallest absolute Gasteiger partial charge is 0.161 e. The Labute approximate surface area is 90.7 Å². The summed E-state index contributed by atoms with van der Waals surface area (Å²) in [4.78, 5) is 11.2. The van der Waals surface area contributed by atoms with E-state index in [0.29, 0.717) is 11.1 Å². The number of aryl methyl sites for hydroxylation is 1. The maximum absolute atomic E-state index is 11.2. The van der Waals surface area contributed by atoms with Gasteiger partial charge in [0, 0.05) is 9.13 Å². The van der Waals surface area contributed by atoms with Gasteiger partial charge in [0.05, 0.1) is 5.56 Å². The van der Waals surface area contributed by atoms with Gasteiger partial charge in [-0.3, -0.25) is 4.79 Å². The number of hydrogen-bond acceptors (Lipinski definition) is 2. The highest BCUT2D eigenvalue weighted by Crippen LogP contribution is 2.20. The fraction of sp³-hybridized carbons (Fsp3) is 0.200. The van der Waals surface area contributed by atoms with E-state index in [1.807, 2.05) is 29.5 Å². The molecule has 0 aliphatic carbocycles. The van der Waals surface area contributed by atoms with Crippen molar-refractivity contribution in [2.45, 2.75) is 13.8 Å². The zero-order chi connectivity index (χ0) is 10.0. The molecular formula is C10H8INO. The van der Waals surface area contributed by atoms with Gasteiger partial charge >= 0.3 is 0 Å². The van der Waals surface area contributed by atoms with Crippen LogP contribution in [0, 0.1) is 21.8 Å². The summed E-state index contributed by atoms with van der Waals surface area (Å²) in [5.41, 5.74) is 2.16. The molecule has 0 bridgehead atoms. The summed E-state index contributed by atoms with van der Waals surface area (Å²) >= 11 is 2.04. The number of nitrogens with zero attached hydrogens (tertiary/aromatic N) is 1. The molecular weight excluding hydrogens is 277 g/mol. The average Bonchev–Trinajstić information content (AvgIpc) is 2.04. The van der Waals surface area contributed by atoms with Crippen LogP contribution in [0.3, 0.4) is 0 Å². The van der Waals surface area contributed by atoms with Crippen molar-refractivity contribution < 1.29 is 4.79 Å². The second-order valence-corrected chi connectivity index (χ2v) is 3.87. The van der Waals surface area contributed by atoms with Crippen molar-refractivity contribution in [2.75, 3.05) is 0 Å². The van der Waals surface area contributed by atoms with E-state index in [1.54, 1.807) is 12.1 Å². The first-order valence-electron chi connectivity index (χ1n) is 3.78. The molecule has 0 aliphatic heterocycles. The molecule has 0 spiro atoms. The number of benzene rings is 1. The molecule has 66 valence electrons. The second kappa shape index (κ2) is 3.88. The standard InChI is InChI=1S/C10H8INO/c1-6-3-4-8(5-12)10(11)9(6)7(2)13/h3-4H,1-2H3. The first-order valence-corrected chi connectivity index (χ1v) is 4.86. The van der Waals surface area contributed by atoms with E-state index in [-0.39, 0.29) is 5.78 Å². The van der Waals surface area contributed by atoms with Gasteiger partial charge in [0.2, 0.25) is 0 Å². The molecule has 0 fully saturated rings. The Morgan fingerprint density at radius 2 is 2.15 bits per heavy atom. The quantitative estimate of drug-likeness (QED) is 0.588. The minimum absolute atomic E-state index is 0.0130. The predicted octanol–water partition coefficient (Wildman–Crippen LogP) is 2.67. The lowest BCUT2D eigenvalue weighted by Gasteiger charge is -2.05. The summed E-state index contributed by atoms with van der Waals surface area (Å²) in [5.74, 6) is 0.0130. The van der Waals surface area contributed by atoms with Crippen LogP contribution in [0.5, 0.6) is 0 Å². The van der Waals surface area contributed by atoms with Crippen LogP contribution in [-0.4, -0.2) is 5.78 Å². The fourth-order valence-corrected chi connectivity index (χ4v) is 2.30. The van der Waals surface area contributed by atoms with Gasteiger partial charge in [0.25, 0.3) is 0 Å². The molecule has 0 heterocycles. The van der Waals surface area contributed by atoms with Gasteiger partial charge in [-0.15, -0.1) is 0 Å². The Morgan fingerprint density at radius 1 is 1.54 bits per heavy atom. The van der Waals surface area contributed by atoms with Crippen LogP contribution in [0.4, 0.5) is 0 Å². The highest BCUT2D eigenvalue weighted by molar-refractivity contribution is 14.1. The van der Waals surface area contributed by atoms with Gasteiger partial charge < -0.3 is 0 Å². The number of ketones is 1. The number of hydrogen-bond donors (Lipinski definition) is 0. The molecule has 0 aliphatic rings. The third kappa shape index (κ3) is 1.89. The lowest BCUT2D eigenvalue weighted by Crippen LogP contribution is -2.01. The maximum atomic E-state index is 11.2. The van der Waals surface area contributed by atoms with Crippen molar-refractivity contribution in [1.82, 2.24) is 0 Å². The molecule has 3 heteroatoms. The maximum Gasteiger partial charge on any atom is 0.161 e. The Kier molecular flexibility index (Phi) is 3.04. The molecule has 1 aromatic rings. The summed E-state index contributed by atoms with van der Waals surface area (Å²) in [6.45, 7) is 3.39. The predicted molar refractivity (Wildman–Crippen MR) is 58.6 cm³/mol. The summed E-state index contributed by atoms with van der Waals surface area (Å²) in [6.07, 6.45) is 0. The monoisotopic (exact) mass is 285 g/mol. The number of nitriles is 1. The summed E-state index contributed by atoms with van der Waals surface area (Å²) in [5, 5.41) is 8.75. The number of Topliss-reactive ketones (excluding diaryl/α,β-unsaturated/α-hetero) is 1.